The summed E-state index contributed by atoms with van der Waals surface area (Å²) in [5, 5.41) is 13.4. The Bertz CT molecular complexity index is 958. The molecule has 4 rings (SSSR count). The standard InChI is InChI=1S/C19H17F3N4.2ClH/c20-19(21,22)13-7-5-12(6-8-13)16-14-3-1-2-4-15(14)17(26-25-16)24-11-18(23)9-10-18;;/h1-8H,9-11,23H2,(H,24,26);2*1H. The molecule has 1 heterocycles. The lowest BCUT2D eigenvalue weighted by Gasteiger charge is -2.14. The van der Waals surface area contributed by atoms with E-state index in [-0.39, 0.29) is 30.4 Å². The van der Waals surface area contributed by atoms with Gasteiger partial charge in [0.05, 0.1) is 5.56 Å². The third-order valence-electron chi connectivity index (χ3n) is 4.67. The van der Waals surface area contributed by atoms with Crippen LogP contribution >= 0.6 is 24.8 Å². The van der Waals surface area contributed by atoms with Gasteiger partial charge in [-0.3, -0.25) is 0 Å². The normalized spacial score (nSPS) is 14.7. The van der Waals surface area contributed by atoms with Gasteiger partial charge in [0.1, 0.15) is 5.69 Å². The van der Waals surface area contributed by atoms with E-state index in [0.717, 1.165) is 35.7 Å². The molecule has 1 saturated carbocycles. The number of nitrogens with zero attached hydrogens (tertiary/aromatic N) is 2. The molecule has 0 aliphatic heterocycles. The highest BCUT2D eigenvalue weighted by molar-refractivity contribution is 6.00. The first kappa shape index (κ1) is 22.2. The lowest BCUT2D eigenvalue weighted by atomic mass is 10.0. The molecule has 150 valence electrons. The summed E-state index contributed by atoms with van der Waals surface area (Å²) in [5.41, 5.74) is 6.39. The molecular weight excluding hydrogens is 412 g/mol. The molecule has 0 amide bonds. The molecule has 1 aliphatic carbocycles. The highest BCUT2D eigenvalue weighted by Crippen LogP contribution is 2.35. The summed E-state index contributed by atoms with van der Waals surface area (Å²) in [6, 6.07) is 12.5. The average Bonchev–Trinajstić information content (AvgIpc) is 3.37. The highest BCUT2D eigenvalue weighted by atomic mass is 35.5. The predicted molar refractivity (Wildman–Crippen MR) is 109 cm³/mol. The topological polar surface area (TPSA) is 63.8 Å². The largest absolute Gasteiger partial charge is 0.416 e. The van der Waals surface area contributed by atoms with Crippen LogP contribution in [0.3, 0.4) is 0 Å². The van der Waals surface area contributed by atoms with Crippen molar-refractivity contribution in [3.8, 4) is 11.3 Å². The van der Waals surface area contributed by atoms with Gasteiger partial charge in [0.15, 0.2) is 5.82 Å². The van der Waals surface area contributed by atoms with Crippen LogP contribution in [0.2, 0.25) is 0 Å². The average molecular weight is 431 g/mol. The smallest absolute Gasteiger partial charge is 0.366 e. The first-order valence-corrected chi connectivity index (χ1v) is 8.32. The number of rotatable bonds is 4. The zero-order valence-electron chi connectivity index (χ0n) is 14.7. The van der Waals surface area contributed by atoms with Crippen LogP contribution in [0.25, 0.3) is 22.0 Å². The van der Waals surface area contributed by atoms with Crippen LogP contribution in [0.4, 0.5) is 19.0 Å². The van der Waals surface area contributed by atoms with Gasteiger partial charge in [0, 0.05) is 28.4 Å². The molecule has 1 aliphatic rings. The number of hydrogen-bond donors (Lipinski definition) is 2. The van der Waals surface area contributed by atoms with Crippen LogP contribution in [-0.2, 0) is 6.18 Å². The molecule has 3 aromatic rings. The number of nitrogens with two attached hydrogens (primary N) is 1. The zero-order chi connectivity index (χ0) is 18.4. The summed E-state index contributed by atoms with van der Waals surface area (Å²) in [7, 11) is 0. The fourth-order valence-electron chi connectivity index (χ4n) is 2.86. The third kappa shape index (κ3) is 4.48. The van der Waals surface area contributed by atoms with E-state index >= 15 is 0 Å². The van der Waals surface area contributed by atoms with Crippen molar-refractivity contribution in [3.05, 3.63) is 54.1 Å². The van der Waals surface area contributed by atoms with Crippen molar-refractivity contribution >= 4 is 41.4 Å². The van der Waals surface area contributed by atoms with E-state index in [1.807, 2.05) is 24.3 Å². The molecule has 1 fully saturated rings. The number of alkyl halides is 3. The van der Waals surface area contributed by atoms with Crippen LogP contribution in [0.5, 0.6) is 0 Å². The minimum Gasteiger partial charge on any atom is -0.366 e. The van der Waals surface area contributed by atoms with Gasteiger partial charge in [0.25, 0.3) is 0 Å². The maximum Gasteiger partial charge on any atom is 0.416 e. The molecule has 3 N–H and O–H groups in total. The molecular formula is C19H19Cl2F3N4. The second kappa shape index (κ2) is 8.11. The quantitative estimate of drug-likeness (QED) is 0.606. The first-order valence-electron chi connectivity index (χ1n) is 8.32. The summed E-state index contributed by atoms with van der Waals surface area (Å²) in [6.45, 7) is 0.616. The van der Waals surface area contributed by atoms with Crippen molar-refractivity contribution in [2.75, 3.05) is 11.9 Å². The number of benzene rings is 2. The van der Waals surface area contributed by atoms with Gasteiger partial charge in [-0.2, -0.15) is 13.2 Å². The van der Waals surface area contributed by atoms with E-state index in [2.05, 4.69) is 15.5 Å². The lowest BCUT2D eigenvalue weighted by molar-refractivity contribution is -0.137. The van der Waals surface area contributed by atoms with E-state index in [0.29, 0.717) is 23.6 Å². The Hall–Kier alpha value is -2.09. The summed E-state index contributed by atoms with van der Waals surface area (Å²) in [5.74, 6) is 0.632. The number of hydrogen-bond acceptors (Lipinski definition) is 4. The number of anilines is 1. The second-order valence-corrected chi connectivity index (χ2v) is 6.73. The molecule has 4 nitrogen and oxygen atoms in total. The molecule has 0 radical (unpaired) electrons. The summed E-state index contributed by atoms with van der Waals surface area (Å²) >= 11 is 0. The fraction of sp³-hybridized carbons (Fsp3) is 0.263. The minimum absolute atomic E-state index is 0. The summed E-state index contributed by atoms with van der Waals surface area (Å²) in [6.07, 6.45) is -2.40. The van der Waals surface area contributed by atoms with Crippen molar-refractivity contribution in [2.24, 2.45) is 5.73 Å². The number of aromatic nitrogens is 2. The Morgan fingerprint density at radius 1 is 0.929 bits per heavy atom. The molecule has 0 spiro atoms. The van der Waals surface area contributed by atoms with Crippen molar-refractivity contribution in [1.82, 2.24) is 10.2 Å². The zero-order valence-corrected chi connectivity index (χ0v) is 16.3. The molecule has 9 heteroatoms. The lowest BCUT2D eigenvalue weighted by Crippen LogP contribution is -2.31. The Morgan fingerprint density at radius 2 is 1.54 bits per heavy atom. The molecule has 0 atom stereocenters. The number of halogens is 5. The maximum atomic E-state index is 12.8. The molecule has 0 unspecified atom stereocenters. The number of fused-ring (bicyclic) bond motifs is 1. The van der Waals surface area contributed by atoms with Gasteiger partial charge in [-0.1, -0.05) is 36.4 Å². The van der Waals surface area contributed by atoms with Gasteiger partial charge in [-0.15, -0.1) is 35.0 Å². The Labute approximate surface area is 172 Å². The maximum absolute atomic E-state index is 12.8. The van der Waals surface area contributed by atoms with Gasteiger partial charge in [0.2, 0.25) is 0 Å². The van der Waals surface area contributed by atoms with Crippen LogP contribution in [0, 0.1) is 0 Å². The molecule has 0 saturated heterocycles. The van der Waals surface area contributed by atoms with Gasteiger partial charge in [-0.05, 0) is 25.0 Å². The summed E-state index contributed by atoms with van der Waals surface area (Å²) in [4.78, 5) is 0. The predicted octanol–water partition coefficient (Wildman–Crippen LogP) is 5.06. The van der Waals surface area contributed by atoms with E-state index in [1.165, 1.54) is 12.1 Å². The fourth-order valence-corrected chi connectivity index (χ4v) is 2.86. The first-order chi connectivity index (χ1) is 12.4. The van der Waals surface area contributed by atoms with Gasteiger partial charge < -0.3 is 11.1 Å². The molecule has 28 heavy (non-hydrogen) atoms. The van der Waals surface area contributed by atoms with Crippen molar-refractivity contribution in [2.45, 2.75) is 24.6 Å². The minimum atomic E-state index is -4.36. The van der Waals surface area contributed by atoms with E-state index < -0.39 is 11.7 Å². The van der Waals surface area contributed by atoms with E-state index in [4.69, 9.17) is 5.73 Å². The van der Waals surface area contributed by atoms with Crippen LogP contribution in [0.15, 0.2) is 48.5 Å². The SMILES string of the molecule is Cl.Cl.NC1(CNc2nnc(-c3ccc(C(F)(F)F)cc3)c3ccccc23)CC1. The Morgan fingerprint density at radius 3 is 2.11 bits per heavy atom. The van der Waals surface area contributed by atoms with Crippen molar-refractivity contribution in [1.29, 1.82) is 0 Å². The van der Waals surface area contributed by atoms with E-state index in [1.54, 1.807) is 0 Å². The van der Waals surface area contributed by atoms with Crippen LogP contribution in [-0.4, -0.2) is 22.3 Å². The number of nitrogens with one attached hydrogen (secondary N) is 1. The monoisotopic (exact) mass is 430 g/mol. The highest BCUT2D eigenvalue weighted by Gasteiger charge is 2.38. The second-order valence-electron chi connectivity index (χ2n) is 6.73. The Kier molecular flexibility index (Phi) is 6.43. The summed E-state index contributed by atoms with van der Waals surface area (Å²) < 4.78 is 38.3. The van der Waals surface area contributed by atoms with E-state index in [9.17, 15) is 13.2 Å². The van der Waals surface area contributed by atoms with Crippen molar-refractivity contribution in [3.63, 3.8) is 0 Å². The van der Waals surface area contributed by atoms with Crippen molar-refractivity contribution < 1.29 is 13.2 Å². The molecule has 2 aromatic carbocycles. The van der Waals surface area contributed by atoms with Gasteiger partial charge in [-0.25, -0.2) is 0 Å². The van der Waals surface area contributed by atoms with Crippen LogP contribution < -0.4 is 11.1 Å². The van der Waals surface area contributed by atoms with Gasteiger partial charge >= 0.3 is 6.18 Å². The molecule has 0 bridgehead atoms. The third-order valence-corrected chi connectivity index (χ3v) is 4.67. The Balaban J connectivity index is 0.00000140. The molecule has 1 aromatic heterocycles. The van der Waals surface area contributed by atoms with Crippen LogP contribution in [0.1, 0.15) is 18.4 Å².